The Kier molecular flexibility index (Phi) is 6.83. The van der Waals surface area contributed by atoms with Crippen molar-refractivity contribution >= 4 is 18.1 Å². The van der Waals surface area contributed by atoms with Crippen LogP contribution in [0.4, 0.5) is 23.7 Å². The Morgan fingerprint density at radius 1 is 1.20 bits per heavy atom. The van der Waals surface area contributed by atoms with Crippen LogP contribution < -0.4 is 15.5 Å². The summed E-state index contributed by atoms with van der Waals surface area (Å²) in [6.45, 7) is 3.27. The average molecular weight is 486 g/mol. The Morgan fingerprint density at radius 3 is 2.37 bits per heavy atom. The molecule has 184 valence electrons. The van der Waals surface area contributed by atoms with Crippen LogP contribution in [0, 0.1) is 40.6 Å². The molecule has 3 aliphatic rings. The number of hydrogen-bond donors (Lipinski definition) is 2. The number of hydrogen-bond acceptors (Lipinski definition) is 6. The van der Waals surface area contributed by atoms with Crippen molar-refractivity contribution < 1.29 is 27.5 Å². The number of ether oxygens (including phenoxy) is 1. The van der Waals surface area contributed by atoms with Gasteiger partial charge in [0.25, 0.3) is 0 Å². The van der Waals surface area contributed by atoms with Gasteiger partial charge in [-0.3, -0.25) is 4.90 Å². The Bertz CT molecular complexity index is 1170. The van der Waals surface area contributed by atoms with Crippen molar-refractivity contribution in [2.24, 2.45) is 11.8 Å². The molecule has 1 aliphatic carbocycles. The highest BCUT2D eigenvalue weighted by Gasteiger charge is 2.69. The maximum absolute atomic E-state index is 15.0. The predicted molar refractivity (Wildman–Crippen MR) is 122 cm³/mol. The monoisotopic (exact) mass is 486 g/mol. The summed E-state index contributed by atoms with van der Waals surface area (Å²) in [6, 6.07) is 8.32. The largest absolute Gasteiger partial charge is 0.443 e. The molecule has 4 atom stereocenters. The van der Waals surface area contributed by atoms with Crippen molar-refractivity contribution in [2.45, 2.75) is 18.4 Å². The van der Waals surface area contributed by atoms with E-state index < -0.39 is 29.0 Å². The summed E-state index contributed by atoms with van der Waals surface area (Å²) in [6.07, 6.45) is -0.180. The molecule has 2 aromatic rings. The van der Waals surface area contributed by atoms with Gasteiger partial charge in [0.05, 0.1) is 23.7 Å². The third-order valence-electron chi connectivity index (χ3n) is 6.80. The normalized spacial score (nSPS) is 26.3. The lowest BCUT2D eigenvalue weighted by Crippen LogP contribution is -2.29. The van der Waals surface area contributed by atoms with Gasteiger partial charge in [-0.2, -0.15) is 5.26 Å². The number of nitrogens with one attached hydrogen (secondary N) is 2. The van der Waals surface area contributed by atoms with Gasteiger partial charge in [0.15, 0.2) is 0 Å². The molecule has 2 N–H and O–H groups in total. The smallest absolute Gasteiger partial charge is 0.414 e. The van der Waals surface area contributed by atoms with Crippen LogP contribution in [0.5, 0.6) is 0 Å². The number of piperidine rings is 1. The summed E-state index contributed by atoms with van der Waals surface area (Å²) < 4.78 is 50.2. The van der Waals surface area contributed by atoms with Crippen LogP contribution in [0.2, 0.25) is 0 Å². The number of halogens is 3. The van der Waals surface area contributed by atoms with Crippen LogP contribution >= 0.6 is 0 Å². The van der Waals surface area contributed by atoms with Gasteiger partial charge in [0.1, 0.15) is 29.8 Å². The number of carbonyl (C=O) groups excluding carboxylic acids is 2. The highest BCUT2D eigenvalue weighted by Crippen LogP contribution is 2.62. The molecular weight excluding hydrogens is 461 g/mol. The lowest BCUT2D eigenvalue weighted by atomic mass is 9.89. The van der Waals surface area contributed by atoms with E-state index in [1.165, 1.54) is 24.0 Å². The first-order valence-corrected chi connectivity index (χ1v) is 11.3. The molecule has 3 fully saturated rings. The van der Waals surface area contributed by atoms with Crippen LogP contribution in [0.25, 0.3) is 11.1 Å². The summed E-state index contributed by atoms with van der Waals surface area (Å²) in [5, 5.41) is 15.7. The fraction of sp³-hybridized carbons (Fsp3) is 0.400. The Balaban J connectivity index is 0.000000917. The second-order valence-corrected chi connectivity index (χ2v) is 8.74. The van der Waals surface area contributed by atoms with E-state index in [-0.39, 0.29) is 41.2 Å². The predicted octanol–water partition coefficient (Wildman–Crippen LogP) is 3.13. The number of amides is 1. The molecule has 10 heteroatoms. The van der Waals surface area contributed by atoms with Crippen LogP contribution in [-0.2, 0) is 14.9 Å². The number of anilines is 1. The molecule has 2 aliphatic heterocycles. The summed E-state index contributed by atoms with van der Waals surface area (Å²) in [4.78, 5) is 22.2. The molecule has 0 bridgehead atoms. The Labute approximate surface area is 200 Å². The van der Waals surface area contributed by atoms with E-state index in [4.69, 9.17) is 9.53 Å². The average Bonchev–Trinajstić information content (AvgIpc) is 3.12. The zero-order chi connectivity index (χ0) is 25.3. The number of fused-ring (bicyclic) bond motifs is 1. The zero-order valence-corrected chi connectivity index (χ0v) is 19.3. The third-order valence-corrected chi connectivity index (χ3v) is 6.80. The summed E-state index contributed by atoms with van der Waals surface area (Å²) in [5.74, 6) is -2.66. The van der Waals surface area contributed by atoms with Gasteiger partial charge < -0.3 is 20.2 Å². The number of aldehydes is 1. The highest BCUT2D eigenvalue weighted by atomic mass is 19.1. The molecule has 7 nitrogen and oxygen atoms in total. The molecular formula is C25H25F3N4O3. The van der Waals surface area contributed by atoms with Crippen LogP contribution in [0.1, 0.15) is 12.5 Å². The molecule has 0 aromatic heterocycles. The van der Waals surface area contributed by atoms with Crippen LogP contribution in [0.3, 0.4) is 0 Å². The molecule has 2 saturated heterocycles. The topological polar surface area (TPSA) is 94.5 Å². The summed E-state index contributed by atoms with van der Waals surface area (Å²) >= 11 is 0. The molecule has 0 spiro atoms. The highest BCUT2D eigenvalue weighted by molar-refractivity contribution is 5.90. The summed E-state index contributed by atoms with van der Waals surface area (Å²) in [5.41, 5.74) is -1.06. The van der Waals surface area contributed by atoms with E-state index in [0.29, 0.717) is 25.3 Å². The van der Waals surface area contributed by atoms with E-state index in [0.717, 1.165) is 24.5 Å². The summed E-state index contributed by atoms with van der Waals surface area (Å²) in [7, 11) is 1.74. The molecule has 0 radical (unpaired) electrons. The molecule has 2 aromatic carbocycles. The quantitative estimate of drug-likeness (QED) is 0.631. The first-order chi connectivity index (χ1) is 16.8. The molecule has 35 heavy (non-hydrogen) atoms. The third kappa shape index (κ3) is 4.15. The number of benzene rings is 2. The van der Waals surface area contributed by atoms with E-state index in [9.17, 15) is 14.4 Å². The van der Waals surface area contributed by atoms with Crippen molar-refractivity contribution in [1.29, 1.82) is 5.26 Å². The van der Waals surface area contributed by atoms with Crippen molar-refractivity contribution in [3.8, 4) is 17.2 Å². The molecule has 1 saturated carbocycles. The number of nitrogens with zero attached hydrogens (tertiary/aromatic N) is 2. The van der Waals surface area contributed by atoms with Crippen LogP contribution in [0.15, 0.2) is 30.3 Å². The van der Waals surface area contributed by atoms with Crippen molar-refractivity contribution in [2.75, 3.05) is 38.1 Å². The number of carbonyl (C=O) groups is 2. The minimum atomic E-state index is -1.17. The standard InChI is InChI=1S/C23H21F3N4O2.C2H4O/c1-28-7-14-10-30(22(31)32-14)13-2-3-15(18(24)6-13)12-4-19(25)21(20(26)5-12)23(11-27)16-8-29-9-17(16)23;1-2-3/h2-6,14,16-17,28-29H,7-10H2,1H3;2H,1H3/t14?,16-,17+,23?;. The first kappa shape index (κ1) is 24.7. The second kappa shape index (κ2) is 9.68. The van der Waals surface area contributed by atoms with Gasteiger partial charge in [-0.25, -0.2) is 18.0 Å². The SMILES string of the molecule is CC=O.CNCC1CN(c2ccc(-c3cc(F)c(C4(C#N)[C@@H]5CNC[C@@H]54)c(F)c3)c(F)c2)C(=O)O1. The molecule has 1 amide bonds. The lowest BCUT2D eigenvalue weighted by Gasteiger charge is -2.17. The van der Waals surface area contributed by atoms with E-state index in [1.807, 2.05) is 0 Å². The van der Waals surface area contributed by atoms with Gasteiger partial charge >= 0.3 is 6.09 Å². The van der Waals surface area contributed by atoms with Gasteiger partial charge in [-0.05, 0) is 49.9 Å². The minimum absolute atomic E-state index is 0.00102. The Morgan fingerprint density at radius 2 is 1.83 bits per heavy atom. The lowest BCUT2D eigenvalue weighted by molar-refractivity contribution is -0.106. The molecule has 2 unspecified atom stereocenters. The number of cyclic esters (lactones) is 1. The van der Waals surface area contributed by atoms with Gasteiger partial charge in [0.2, 0.25) is 0 Å². The van der Waals surface area contributed by atoms with Gasteiger partial charge in [0, 0.05) is 42.6 Å². The zero-order valence-electron chi connectivity index (χ0n) is 19.3. The van der Waals surface area contributed by atoms with E-state index in [2.05, 4.69) is 16.7 Å². The fourth-order valence-electron chi connectivity index (χ4n) is 5.23. The number of nitriles is 1. The minimum Gasteiger partial charge on any atom is -0.443 e. The van der Waals surface area contributed by atoms with Gasteiger partial charge in [-0.15, -0.1) is 0 Å². The van der Waals surface area contributed by atoms with Gasteiger partial charge in [-0.1, -0.05) is 0 Å². The first-order valence-electron chi connectivity index (χ1n) is 11.3. The maximum Gasteiger partial charge on any atom is 0.414 e. The van der Waals surface area contributed by atoms with Crippen molar-refractivity contribution in [3.05, 3.63) is 53.3 Å². The number of likely N-dealkylation sites (N-methyl/N-ethyl adjacent to an activating group) is 1. The molecule has 5 rings (SSSR count). The molecule has 2 heterocycles. The van der Waals surface area contributed by atoms with Crippen molar-refractivity contribution in [1.82, 2.24) is 10.6 Å². The Hall–Kier alpha value is -3.42. The van der Waals surface area contributed by atoms with Crippen LogP contribution in [-0.4, -0.2) is 51.7 Å². The fourth-order valence-corrected chi connectivity index (χ4v) is 5.23. The van der Waals surface area contributed by atoms with Crippen molar-refractivity contribution in [3.63, 3.8) is 0 Å². The number of rotatable bonds is 5. The second-order valence-electron chi connectivity index (χ2n) is 8.74. The van der Waals surface area contributed by atoms with E-state index in [1.54, 1.807) is 7.05 Å². The van der Waals surface area contributed by atoms with E-state index >= 15 is 8.78 Å². The maximum atomic E-state index is 15.0.